The fourth-order valence-electron chi connectivity index (χ4n) is 1.90. The molecule has 0 bridgehead atoms. The second-order valence-electron chi connectivity index (χ2n) is 4.17. The topological polar surface area (TPSA) is 32.3 Å². The van der Waals surface area contributed by atoms with Gasteiger partial charge in [-0.25, -0.2) is 4.79 Å². The molecular weight excluding hydrogens is 277 g/mol. The fraction of sp³-hybridized carbons (Fsp3) is 0.417. The number of carbonyl (C=O) groups is 1. The monoisotopic (exact) mass is 290 g/mol. The maximum atomic E-state index is 12.4. The molecule has 3 nitrogen and oxygen atoms in total. The fourth-order valence-corrected chi connectivity index (χ4v) is 2.52. The van der Waals surface area contributed by atoms with Crippen LogP contribution in [-0.4, -0.2) is 29.5 Å². The molecule has 1 fully saturated rings. The number of halogens is 3. The maximum Gasteiger partial charge on any atom is 0.446 e. The minimum atomic E-state index is -4.37. The summed E-state index contributed by atoms with van der Waals surface area (Å²) in [4.78, 5) is 13.5. The Hall–Kier alpha value is -1.37. The van der Waals surface area contributed by atoms with Gasteiger partial charge >= 0.3 is 11.5 Å². The SMILES string of the molecule is O=C(Nc1ccccc1SC(F)(F)F)N1CCCC1. The number of rotatable bonds is 2. The van der Waals surface area contributed by atoms with Crippen LogP contribution in [0.3, 0.4) is 0 Å². The number of likely N-dealkylation sites (tertiary alicyclic amines) is 1. The summed E-state index contributed by atoms with van der Waals surface area (Å²) in [6.07, 6.45) is 1.87. The normalized spacial score (nSPS) is 15.6. The Morgan fingerprint density at radius 3 is 2.47 bits per heavy atom. The number of thioether (sulfide) groups is 1. The lowest BCUT2D eigenvalue weighted by atomic mass is 10.3. The summed E-state index contributed by atoms with van der Waals surface area (Å²) in [6, 6.07) is 5.59. The molecule has 1 aliphatic heterocycles. The molecule has 1 aliphatic rings. The Bertz CT molecular complexity index is 459. The molecule has 1 saturated heterocycles. The van der Waals surface area contributed by atoms with Crippen molar-refractivity contribution >= 4 is 23.5 Å². The molecule has 1 aromatic carbocycles. The van der Waals surface area contributed by atoms with Crippen LogP contribution in [-0.2, 0) is 0 Å². The highest BCUT2D eigenvalue weighted by Gasteiger charge is 2.30. The molecule has 1 aromatic rings. The van der Waals surface area contributed by atoms with Crippen LogP contribution in [0.15, 0.2) is 29.2 Å². The largest absolute Gasteiger partial charge is 0.446 e. The molecule has 7 heteroatoms. The molecule has 0 aromatic heterocycles. The first-order valence-electron chi connectivity index (χ1n) is 5.86. The number of anilines is 1. The lowest BCUT2D eigenvalue weighted by Crippen LogP contribution is -2.32. The van der Waals surface area contributed by atoms with Crippen molar-refractivity contribution in [3.8, 4) is 0 Å². The molecule has 0 unspecified atom stereocenters. The van der Waals surface area contributed by atoms with E-state index in [0.717, 1.165) is 12.8 Å². The molecule has 2 rings (SSSR count). The molecule has 0 atom stereocenters. The number of benzene rings is 1. The van der Waals surface area contributed by atoms with E-state index in [1.807, 2.05) is 0 Å². The van der Waals surface area contributed by atoms with Gasteiger partial charge < -0.3 is 10.2 Å². The van der Waals surface area contributed by atoms with E-state index in [9.17, 15) is 18.0 Å². The van der Waals surface area contributed by atoms with Gasteiger partial charge in [-0.2, -0.15) is 13.2 Å². The predicted molar refractivity (Wildman–Crippen MR) is 68.2 cm³/mol. The van der Waals surface area contributed by atoms with Crippen molar-refractivity contribution in [2.45, 2.75) is 23.2 Å². The number of hydrogen-bond donors (Lipinski definition) is 1. The summed E-state index contributed by atoms with van der Waals surface area (Å²) in [5.41, 5.74) is -4.17. The van der Waals surface area contributed by atoms with E-state index in [4.69, 9.17) is 0 Å². The van der Waals surface area contributed by atoms with Crippen molar-refractivity contribution in [2.24, 2.45) is 0 Å². The van der Waals surface area contributed by atoms with Crippen molar-refractivity contribution in [2.75, 3.05) is 18.4 Å². The Morgan fingerprint density at radius 2 is 1.84 bits per heavy atom. The third-order valence-corrected chi connectivity index (χ3v) is 3.55. The van der Waals surface area contributed by atoms with Gasteiger partial charge in [0.15, 0.2) is 0 Å². The van der Waals surface area contributed by atoms with E-state index < -0.39 is 5.51 Å². The summed E-state index contributed by atoms with van der Waals surface area (Å²) in [7, 11) is 0. The van der Waals surface area contributed by atoms with Crippen molar-refractivity contribution in [3.63, 3.8) is 0 Å². The van der Waals surface area contributed by atoms with Crippen molar-refractivity contribution in [1.29, 1.82) is 0 Å². The van der Waals surface area contributed by atoms with Crippen LogP contribution in [0.25, 0.3) is 0 Å². The molecule has 0 saturated carbocycles. The molecule has 2 amide bonds. The van der Waals surface area contributed by atoms with Crippen LogP contribution in [0.2, 0.25) is 0 Å². The summed E-state index contributed by atoms with van der Waals surface area (Å²) in [5.74, 6) is 0. The van der Waals surface area contributed by atoms with Crippen molar-refractivity contribution < 1.29 is 18.0 Å². The number of nitrogens with zero attached hydrogens (tertiary/aromatic N) is 1. The molecular formula is C12H13F3N2OS. The Labute approximate surface area is 113 Å². The molecule has 1 heterocycles. The minimum absolute atomic E-state index is 0.00236. The molecule has 1 N–H and O–H groups in total. The smallest absolute Gasteiger partial charge is 0.325 e. The van der Waals surface area contributed by atoms with Gasteiger partial charge in [-0.1, -0.05) is 12.1 Å². The van der Waals surface area contributed by atoms with E-state index in [1.165, 1.54) is 18.2 Å². The van der Waals surface area contributed by atoms with E-state index in [1.54, 1.807) is 11.0 Å². The average molecular weight is 290 g/mol. The Morgan fingerprint density at radius 1 is 1.21 bits per heavy atom. The van der Waals surface area contributed by atoms with Crippen LogP contribution < -0.4 is 5.32 Å². The molecule has 0 aliphatic carbocycles. The zero-order valence-electron chi connectivity index (χ0n) is 10.0. The van der Waals surface area contributed by atoms with Crippen LogP contribution >= 0.6 is 11.8 Å². The highest BCUT2D eigenvalue weighted by Crippen LogP contribution is 2.40. The van der Waals surface area contributed by atoms with Crippen molar-refractivity contribution in [1.82, 2.24) is 4.90 Å². The first kappa shape index (κ1) is 14.0. The molecule has 0 radical (unpaired) electrons. The first-order valence-corrected chi connectivity index (χ1v) is 6.68. The van der Waals surface area contributed by atoms with E-state index in [0.29, 0.717) is 13.1 Å². The van der Waals surface area contributed by atoms with Gasteiger partial charge in [-0.3, -0.25) is 0 Å². The van der Waals surface area contributed by atoms with Crippen LogP contribution in [0, 0.1) is 0 Å². The number of nitrogens with one attached hydrogen (secondary N) is 1. The van der Waals surface area contributed by atoms with Gasteiger partial charge in [0.25, 0.3) is 0 Å². The Kier molecular flexibility index (Phi) is 4.24. The summed E-state index contributed by atoms with van der Waals surface area (Å²) < 4.78 is 37.2. The molecule has 104 valence electrons. The van der Waals surface area contributed by atoms with Gasteiger partial charge in [-0.15, -0.1) is 0 Å². The molecule has 19 heavy (non-hydrogen) atoms. The predicted octanol–water partition coefficient (Wildman–Crippen LogP) is 3.93. The maximum absolute atomic E-state index is 12.4. The standard InChI is InChI=1S/C12H13F3N2OS/c13-12(14,15)19-10-6-2-1-5-9(10)16-11(18)17-7-3-4-8-17/h1-2,5-6H,3-4,7-8H2,(H,16,18). The average Bonchev–Trinajstić information content (AvgIpc) is 2.83. The number of urea groups is 1. The number of alkyl halides is 3. The first-order chi connectivity index (χ1) is 8.96. The quantitative estimate of drug-likeness (QED) is 0.837. The minimum Gasteiger partial charge on any atom is -0.325 e. The van der Waals surface area contributed by atoms with Gasteiger partial charge in [-0.05, 0) is 36.7 Å². The molecule has 0 spiro atoms. The highest BCUT2D eigenvalue weighted by atomic mass is 32.2. The Balaban J connectivity index is 2.09. The summed E-state index contributed by atoms with van der Waals surface area (Å²) in [6.45, 7) is 1.31. The van der Waals surface area contributed by atoms with E-state index in [-0.39, 0.29) is 28.4 Å². The van der Waals surface area contributed by atoms with Gasteiger partial charge in [0.05, 0.1) is 5.69 Å². The van der Waals surface area contributed by atoms with Crippen LogP contribution in [0.4, 0.5) is 23.7 Å². The third kappa shape index (κ3) is 4.05. The number of para-hydroxylation sites is 1. The highest BCUT2D eigenvalue weighted by molar-refractivity contribution is 8.00. The van der Waals surface area contributed by atoms with E-state index >= 15 is 0 Å². The van der Waals surface area contributed by atoms with E-state index in [2.05, 4.69) is 5.32 Å². The van der Waals surface area contributed by atoms with Gasteiger partial charge in [0.1, 0.15) is 0 Å². The third-order valence-electron chi connectivity index (χ3n) is 2.75. The lowest BCUT2D eigenvalue weighted by Gasteiger charge is -2.18. The second kappa shape index (κ2) is 5.73. The van der Waals surface area contributed by atoms with Crippen LogP contribution in [0.5, 0.6) is 0 Å². The summed E-state index contributed by atoms with van der Waals surface area (Å²) >= 11 is -0.221. The summed E-state index contributed by atoms with van der Waals surface area (Å²) in [5, 5.41) is 2.54. The number of amides is 2. The van der Waals surface area contributed by atoms with Crippen molar-refractivity contribution in [3.05, 3.63) is 24.3 Å². The number of hydrogen-bond acceptors (Lipinski definition) is 2. The zero-order chi connectivity index (χ0) is 13.9. The lowest BCUT2D eigenvalue weighted by molar-refractivity contribution is -0.0328. The zero-order valence-corrected chi connectivity index (χ0v) is 10.9. The van der Waals surface area contributed by atoms with Gasteiger partial charge in [0, 0.05) is 18.0 Å². The van der Waals surface area contributed by atoms with Gasteiger partial charge in [0.2, 0.25) is 0 Å². The van der Waals surface area contributed by atoms with Crippen LogP contribution in [0.1, 0.15) is 12.8 Å². The number of carbonyl (C=O) groups excluding carboxylic acids is 1. The second-order valence-corrected chi connectivity index (χ2v) is 5.28.